The van der Waals surface area contributed by atoms with E-state index in [2.05, 4.69) is 26.9 Å². The molecule has 3 aromatic heterocycles. The number of piperidine rings is 1. The molecule has 1 aliphatic heterocycles. The highest BCUT2D eigenvalue weighted by Gasteiger charge is 2.26. The molecular weight excluding hydrogens is 420 g/mol. The average Bonchev–Trinajstić information content (AvgIpc) is 3.02. The number of anilines is 1. The molecule has 0 aromatic carbocycles. The fourth-order valence-corrected chi connectivity index (χ4v) is 4.21. The molecule has 3 atom stereocenters. The van der Waals surface area contributed by atoms with Gasteiger partial charge in [0.25, 0.3) is 5.88 Å². The number of aromatic nitrogens is 5. The number of rotatable bonds is 4. The minimum Gasteiger partial charge on any atom is -0.434 e. The molecule has 4 heterocycles. The van der Waals surface area contributed by atoms with Gasteiger partial charge in [-0.15, -0.1) is 5.10 Å². The van der Waals surface area contributed by atoms with Crippen LogP contribution in [-0.2, 0) is 0 Å². The van der Waals surface area contributed by atoms with Crippen molar-refractivity contribution in [3.05, 3.63) is 28.6 Å². The molecule has 0 bridgehead atoms. The van der Waals surface area contributed by atoms with Gasteiger partial charge in [-0.2, -0.15) is 0 Å². The van der Waals surface area contributed by atoms with E-state index >= 15 is 0 Å². The van der Waals surface area contributed by atoms with Crippen molar-refractivity contribution in [2.24, 2.45) is 5.73 Å². The summed E-state index contributed by atoms with van der Waals surface area (Å²) in [6.07, 6.45) is 5.16. The van der Waals surface area contributed by atoms with Crippen LogP contribution in [-0.4, -0.2) is 49.8 Å². The average molecular weight is 440 g/mol. The summed E-state index contributed by atoms with van der Waals surface area (Å²) < 4.78 is 7.68. The Kier molecular flexibility index (Phi) is 5.56. The van der Waals surface area contributed by atoms with E-state index in [0.29, 0.717) is 37.6 Å². The molecule has 0 saturated carbocycles. The zero-order valence-electron chi connectivity index (χ0n) is 15.4. The number of fused-ring (bicyclic) bond motifs is 1. The number of nitrogens with zero attached hydrogens (tertiary/aromatic N) is 6. The van der Waals surface area contributed by atoms with E-state index in [9.17, 15) is 0 Å². The SMILES string of the molecule is CPn1nc(Oc2ccnc(Cl)c2Cl)c2ncc(N3CC[C@@H](N)C[C@@H]3C)nc21. The second kappa shape index (κ2) is 7.95. The Morgan fingerprint density at radius 2 is 2.14 bits per heavy atom. The fourth-order valence-electron chi connectivity index (χ4n) is 3.35. The summed E-state index contributed by atoms with van der Waals surface area (Å²) in [5, 5.41) is 4.91. The van der Waals surface area contributed by atoms with Crippen LogP contribution in [0.3, 0.4) is 0 Å². The number of halogens is 2. The summed E-state index contributed by atoms with van der Waals surface area (Å²) in [6.45, 7) is 5.04. The predicted octanol–water partition coefficient (Wildman–Crippen LogP) is 3.71. The normalized spacial score (nSPS) is 20.4. The quantitative estimate of drug-likeness (QED) is 0.488. The van der Waals surface area contributed by atoms with Gasteiger partial charge in [0.15, 0.2) is 22.1 Å². The van der Waals surface area contributed by atoms with Gasteiger partial charge in [0.1, 0.15) is 10.8 Å². The van der Waals surface area contributed by atoms with Gasteiger partial charge < -0.3 is 15.4 Å². The first-order chi connectivity index (χ1) is 13.5. The molecule has 1 unspecified atom stereocenters. The minimum atomic E-state index is 0.172. The van der Waals surface area contributed by atoms with Crippen LogP contribution in [0, 0.1) is 0 Å². The van der Waals surface area contributed by atoms with Gasteiger partial charge >= 0.3 is 0 Å². The first-order valence-electron chi connectivity index (χ1n) is 8.91. The van der Waals surface area contributed by atoms with Crippen molar-refractivity contribution in [1.82, 2.24) is 24.5 Å². The topological polar surface area (TPSA) is 95.0 Å². The van der Waals surface area contributed by atoms with E-state index in [4.69, 9.17) is 38.7 Å². The lowest BCUT2D eigenvalue weighted by Gasteiger charge is -2.37. The smallest absolute Gasteiger partial charge is 0.267 e. The van der Waals surface area contributed by atoms with E-state index in [1.54, 1.807) is 16.7 Å². The molecule has 2 N–H and O–H groups in total. The van der Waals surface area contributed by atoms with Crippen molar-refractivity contribution in [3.63, 3.8) is 0 Å². The highest BCUT2D eigenvalue weighted by Crippen LogP contribution is 2.36. The molecule has 4 rings (SSSR count). The molecule has 11 heteroatoms. The van der Waals surface area contributed by atoms with Crippen molar-refractivity contribution in [2.75, 3.05) is 18.1 Å². The third kappa shape index (κ3) is 3.62. The molecule has 1 fully saturated rings. The van der Waals surface area contributed by atoms with E-state index in [-0.39, 0.29) is 16.2 Å². The second-order valence-electron chi connectivity index (χ2n) is 6.68. The number of hydrogen-bond donors (Lipinski definition) is 1. The summed E-state index contributed by atoms with van der Waals surface area (Å²) >= 11 is 12.2. The van der Waals surface area contributed by atoms with Gasteiger partial charge in [0.05, 0.1) is 6.20 Å². The van der Waals surface area contributed by atoms with Crippen molar-refractivity contribution in [3.8, 4) is 11.6 Å². The summed E-state index contributed by atoms with van der Waals surface area (Å²) in [5.41, 5.74) is 7.33. The molecule has 148 valence electrons. The molecule has 0 amide bonds. The van der Waals surface area contributed by atoms with Crippen molar-refractivity contribution in [1.29, 1.82) is 0 Å². The Morgan fingerprint density at radius 1 is 1.32 bits per heavy atom. The number of hydrogen-bond acceptors (Lipinski definition) is 7. The second-order valence-corrected chi connectivity index (χ2v) is 8.29. The minimum absolute atomic E-state index is 0.172. The van der Waals surface area contributed by atoms with Gasteiger partial charge in [-0.3, -0.25) is 0 Å². The third-order valence-corrected chi connectivity index (χ3v) is 6.26. The van der Waals surface area contributed by atoms with E-state index in [1.165, 1.54) is 6.20 Å². The molecule has 0 aliphatic carbocycles. The zero-order valence-corrected chi connectivity index (χ0v) is 17.9. The van der Waals surface area contributed by atoms with Crippen LogP contribution in [0.5, 0.6) is 11.6 Å². The molecule has 1 aliphatic rings. The van der Waals surface area contributed by atoms with Gasteiger partial charge in [0, 0.05) is 39.6 Å². The molecule has 1 saturated heterocycles. The Morgan fingerprint density at radius 3 is 2.89 bits per heavy atom. The summed E-state index contributed by atoms with van der Waals surface area (Å²) in [7, 11) is 0.369. The standard InChI is InChI=1S/C17H20Cl2N7OP/c1-9-7-10(20)4-6-25(9)12-8-22-14-16(23-12)26(28-2)24-17(14)27-11-3-5-21-15(19)13(11)18/h3,5,8-10,28H,4,6-7,20H2,1-2H3/t9-,10+/m0/s1. The van der Waals surface area contributed by atoms with Crippen LogP contribution >= 0.6 is 31.9 Å². The largest absolute Gasteiger partial charge is 0.434 e. The van der Waals surface area contributed by atoms with E-state index in [0.717, 1.165) is 25.2 Å². The molecule has 28 heavy (non-hydrogen) atoms. The van der Waals surface area contributed by atoms with Crippen LogP contribution in [0.2, 0.25) is 10.2 Å². The third-order valence-electron chi connectivity index (χ3n) is 4.78. The maximum Gasteiger partial charge on any atom is 0.267 e. The van der Waals surface area contributed by atoms with Gasteiger partial charge in [0.2, 0.25) is 0 Å². The lowest BCUT2D eigenvalue weighted by Crippen LogP contribution is -2.46. The van der Waals surface area contributed by atoms with Crippen molar-refractivity contribution in [2.45, 2.75) is 31.8 Å². The maximum atomic E-state index is 6.18. The van der Waals surface area contributed by atoms with E-state index < -0.39 is 0 Å². The number of pyridine rings is 1. The first kappa shape index (κ1) is 19.6. The molecule has 3 aromatic rings. The molecule has 0 spiro atoms. The lowest BCUT2D eigenvalue weighted by molar-refractivity contribution is 0.427. The van der Waals surface area contributed by atoms with E-state index in [1.807, 2.05) is 6.66 Å². The van der Waals surface area contributed by atoms with Crippen molar-refractivity contribution >= 4 is 48.9 Å². The number of nitrogens with two attached hydrogens (primary N) is 1. The number of ether oxygens (including phenoxy) is 1. The van der Waals surface area contributed by atoms with Crippen LogP contribution in [0.1, 0.15) is 19.8 Å². The monoisotopic (exact) mass is 439 g/mol. The summed E-state index contributed by atoms with van der Waals surface area (Å²) in [4.78, 5) is 15.6. The van der Waals surface area contributed by atoms with Crippen LogP contribution in [0.15, 0.2) is 18.5 Å². The Bertz CT molecular complexity index is 1010. The Hall–Kier alpha value is -1.73. The summed E-state index contributed by atoms with van der Waals surface area (Å²) in [6, 6.07) is 2.18. The van der Waals surface area contributed by atoms with Gasteiger partial charge in [-0.1, -0.05) is 23.2 Å². The van der Waals surface area contributed by atoms with Gasteiger partial charge in [-0.05, 0) is 26.4 Å². The van der Waals surface area contributed by atoms with Gasteiger partial charge in [-0.25, -0.2) is 19.4 Å². The van der Waals surface area contributed by atoms with Crippen LogP contribution in [0.25, 0.3) is 11.2 Å². The molecular formula is C17H20Cl2N7OP. The van der Waals surface area contributed by atoms with Crippen molar-refractivity contribution < 1.29 is 4.74 Å². The fraction of sp³-hybridized carbons (Fsp3) is 0.412. The lowest BCUT2D eigenvalue weighted by atomic mass is 9.99. The maximum absolute atomic E-state index is 6.18. The van der Waals surface area contributed by atoms with Crippen LogP contribution in [0.4, 0.5) is 5.82 Å². The Balaban J connectivity index is 1.71. The van der Waals surface area contributed by atoms with Crippen LogP contribution < -0.4 is 15.4 Å². The first-order valence-corrected chi connectivity index (χ1v) is 11.1. The molecule has 0 radical (unpaired) electrons. The highest BCUT2D eigenvalue weighted by atomic mass is 35.5. The Labute approximate surface area is 174 Å². The highest BCUT2D eigenvalue weighted by molar-refractivity contribution is 7.35. The summed E-state index contributed by atoms with van der Waals surface area (Å²) in [5.74, 6) is 1.53. The zero-order chi connectivity index (χ0) is 19.8. The molecule has 8 nitrogen and oxygen atoms in total. The predicted molar refractivity (Wildman–Crippen MR) is 113 cm³/mol.